The first-order valence-corrected chi connectivity index (χ1v) is 7.68. The van der Waals surface area contributed by atoms with Gasteiger partial charge in [0.25, 0.3) is 0 Å². The van der Waals surface area contributed by atoms with Gasteiger partial charge in [0.05, 0.1) is 0 Å². The fourth-order valence-electron chi connectivity index (χ4n) is 2.66. The maximum atomic E-state index is 2.37. The molecule has 0 radical (unpaired) electrons. The molecule has 0 aliphatic heterocycles. The minimum absolute atomic E-state index is 0.649. The third-order valence-electron chi connectivity index (χ3n) is 3.71. The summed E-state index contributed by atoms with van der Waals surface area (Å²) in [6.07, 6.45) is 2.37. The molecule has 0 aromatic heterocycles. The zero-order valence-corrected chi connectivity index (χ0v) is 13.2. The van der Waals surface area contributed by atoms with Gasteiger partial charge in [-0.1, -0.05) is 0 Å². The number of rotatable bonds is 1. The van der Waals surface area contributed by atoms with Crippen molar-refractivity contribution in [3.05, 3.63) is 64.7 Å². The Bertz CT molecular complexity index is 638. The number of fused-ring (bicyclic) bond motifs is 1. The molecule has 0 nitrogen and oxygen atoms in total. The van der Waals surface area contributed by atoms with E-state index >= 15 is 0 Å². The molecule has 0 saturated carbocycles. The molecular weight excluding hydrogens is 295 g/mol. The van der Waals surface area contributed by atoms with Gasteiger partial charge in [0.1, 0.15) is 0 Å². The molecule has 1 aliphatic rings. The monoisotopic (exact) mass is 309 g/mol. The van der Waals surface area contributed by atoms with Crippen LogP contribution in [-0.2, 0) is 24.7 Å². The van der Waals surface area contributed by atoms with Crippen molar-refractivity contribution in [1.29, 1.82) is 0 Å². The van der Waals surface area contributed by atoms with Crippen molar-refractivity contribution in [1.82, 2.24) is 0 Å². The van der Waals surface area contributed by atoms with Crippen molar-refractivity contribution in [2.45, 2.75) is 17.5 Å². The predicted octanol–water partition coefficient (Wildman–Crippen LogP) is 4.67. The Morgan fingerprint density at radius 2 is 1.61 bits per heavy atom. The van der Waals surface area contributed by atoms with Gasteiger partial charge in [-0.3, -0.25) is 0 Å². The molecule has 0 N–H and O–H groups in total. The molecule has 2 aromatic carbocycles. The molecule has 87 valence electrons. The summed E-state index contributed by atoms with van der Waals surface area (Å²) >= 11 is 1.59. The number of aryl methyl sites for hydroxylation is 1. The summed E-state index contributed by atoms with van der Waals surface area (Å²) in [7, 11) is 0. The van der Waals surface area contributed by atoms with Crippen LogP contribution in [0.25, 0.3) is 17.2 Å². The molecule has 1 unspecified atom stereocenters. The Hall–Kier alpha value is -0.937. The molecule has 3 rings (SSSR count). The van der Waals surface area contributed by atoms with Gasteiger partial charge in [-0.2, -0.15) is 0 Å². The van der Waals surface area contributed by atoms with Gasteiger partial charge in [0, 0.05) is 0 Å². The van der Waals surface area contributed by atoms with E-state index in [4.69, 9.17) is 0 Å². The van der Waals surface area contributed by atoms with E-state index in [1.165, 1.54) is 33.4 Å². The van der Waals surface area contributed by atoms with Gasteiger partial charge in [0.2, 0.25) is 0 Å². The van der Waals surface area contributed by atoms with Crippen LogP contribution < -0.4 is 0 Å². The molecule has 1 heteroatoms. The average Bonchev–Trinajstić information content (AvgIpc) is 2.67. The summed E-state index contributed by atoms with van der Waals surface area (Å²) in [5.41, 5.74) is 8.55. The summed E-state index contributed by atoms with van der Waals surface area (Å²) in [5, 5.41) is 0. The van der Waals surface area contributed by atoms with E-state index in [0.29, 0.717) is 3.63 Å². The molecular formula is C17H15Zr. The van der Waals surface area contributed by atoms with Gasteiger partial charge in [-0.25, -0.2) is 0 Å². The number of hydrogen-bond acceptors (Lipinski definition) is 0. The maximum absolute atomic E-state index is 2.37. The fourth-order valence-corrected chi connectivity index (χ4v) is 3.49. The first-order valence-electron chi connectivity index (χ1n) is 6.26. The Balaban J connectivity index is 2.25. The SMILES string of the molecule is CC1=Cc2c(-c3ccccc3C)cccc2[CH]1[Zr]. The topological polar surface area (TPSA) is 0 Å². The Kier molecular flexibility index (Phi) is 3.11. The third-order valence-corrected chi connectivity index (χ3v) is 5.60. The minimum atomic E-state index is 0.649. The molecule has 0 spiro atoms. The van der Waals surface area contributed by atoms with E-state index in [0.717, 1.165) is 0 Å². The van der Waals surface area contributed by atoms with Crippen molar-refractivity contribution in [2.75, 3.05) is 0 Å². The summed E-state index contributed by atoms with van der Waals surface area (Å²) in [4.78, 5) is 0. The average molecular weight is 311 g/mol. The molecule has 0 bridgehead atoms. The molecule has 0 amide bonds. The second-order valence-corrected chi connectivity index (χ2v) is 6.36. The van der Waals surface area contributed by atoms with Crippen LogP contribution in [0.5, 0.6) is 0 Å². The van der Waals surface area contributed by atoms with E-state index in [2.05, 4.69) is 62.4 Å². The second-order valence-electron chi connectivity index (χ2n) is 4.94. The first-order chi connectivity index (χ1) is 8.68. The molecule has 0 fully saturated rings. The molecule has 1 aliphatic carbocycles. The molecule has 0 saturated heterocycles. The normalized spacial score (nSPS) is 17.4. The summed E-state index contributed by atoms with van der Waals surface area (Å²) < 4.78 is 0.649. The molecule has 0 heterocycles. The van der Waals surface area contributed by atoms with E-state index in [1.807, 2.05) is 0 Å². The van der Waals surface area contributed by atoms with Crippen molar-refractivity contribution in [2.24, 2.45) is 0 Å². The molecule has 2 aromatic rings. The van der Waals surface area contributed by atoms with Crippen LogP contribution >= 0.6 is 0 Å². The summed E-state index contributed by atoms with van der Waals surface area (Å²) in [6.45, 7) is 4.44. The van der Waals surface area contributed by atoms with E-state index < -0.39 is 0 Å². The zero-order valence-electron chi connectivity index (χ0n) is 10.7. The van der Waals surface area contributed by atoms with Crippen molar-refractivity contribution in [3.8, 4) is 11.1 Å². The Morgan fingerprint density at radius 3 is 2.39 bits per heavy atom. The predicted molar refractivity (Wildman–Crippen MR) is 73.0 cm³/mol. The zero-order chi connectivity index (χ0) is 12.7. The van der Waals surface area contributed by atoms with Crippen molar-refractivity contribution >= 4 is 6.08 Å². The number of allylic oxidation sites excluding steroid dienone is 1. The van der Waals surface area contributed by atoms with E-state index in [1.54, 1.807) is 24.7 Å². The second kappa shape index (κ2) is 4.63. The van der Waals surface area contributed by atoms with E-state index in [-0.39, 0.29) is 0 Å². The van der Waals surface area contributed by atoms with Gasteiger partial charge in [0.15, 0.2) is 0 Å². The van der Waals surface area contributed by atoms with Gasteiger partial charge in [-0.15, -0.1) is 0 Å². The molecule has 1 atom stereocenters. The van der Waals surface area contributed by atoms with Crippen LogP contribution in [0, 0.1) is 6.92 Å². The molecule has 18 heavy (non-hydrogen) atoms. The van der Waals surface area contributed by atoms with Crippen molar-refractivity contribution < 1.29 is 24.7 Å². The summed E-state index contributed by atoms with van der Waals surface area (Å²) in [5.74, 6) is 0. The standard InChI is InChI=1S/C17H15.Zr/c1-12-10-14-7-5-9-16(17(14)11-12)15-8-4-3-6-13(15)2;/h3-11H,1-2H3;. The van der Waals surface area contributed by atoms with Crippen LogP contribution in [0.15, 0.2) is 48.0 Å². The van der Waals surface area contributed by atoms with Crippen LogP contribution in [0.3, 0.4) is 0 Å². The van der Waals surface area contributed by atoms with Gasteiger partial charge < -0.3 is 0 Å². The Morgan fingerprint density at radius 1 is 0.889 bits per heavy atom. The van der Waals surface area contributed by atoms with Crippen LogP contribution in [0.1, 0.15) is 27.2 Å². The van der Waals surface area contributed by atoms with Gasteiger partial charge >= 0.3 is 124 Å². The third kappa shape index (κ3) is 1.86. The number of hydrogen-bond donors (Lipinski definition) is 0. The quantitative estimate of drug-likeness (QED) is 0.718. The van der Waals surface area contributed by atoms with Crippen LogP contribution in [0.4, 0.5) is 0 Å². The Labute approximate surface area is 124 Å². The first kappa shape index (κ1) is 12.1. The van der Waals surface area contributed by atoms with Crippen LogP contribution in [-0.4, -0.2) is 0 Å². The fraction of sp³-hybridized carbons (Fsp3) is 0.176. The summed E-state index contributed by atoms with van der Waals surface area (Å²) in [6, 6.07) is 15.4. The van der Waals surface area contributed by atoms with Gasteiger partial charge in [-0.05, 0) is 0 Å². The van der Waals surface area contributed by atoms with E-state index in [9.17, 15) is 0 Å². The van der Waals surface area contributed by atoms with Crippen LogP contribution in [0.2, 0.25) is 0 Å². The number of benzene rings is 2. The van der Waals surface area contributed by atoms with Crippen molar-refractivity contribution in [3.63, 3.8) is 0 Å².